The van der Waals surface area contributed by atoms with Crippen LogP contribution in [0.3, 0.4) is 0 Å². The summed E-state index contributed by atoms with van der Waals surface area (Å²) in [4.78, 5) is 15.7. The summed E-state index contributed by atoms with van der Waals surface area (Å²) in [6.07, 6.45) is 5.40. The highest BCUT2D eigenvalue weighted by Crippen LogP contribution is 2.39. The van der Waals surface area contributed by atoms with Gasteiger partial charge in [0.1, 0.15) is 0 Å². The second-order valence-corrected chi connectivity index (χ2v) is 12.8. The summed E-state index contributed by atoms with van der Waals surface area (Å²) in [5.74, 6) is 2.00. The highest BCUT2D eigenvalue weighted by Gasteiger charge is 2.20. The van der Waals surface area contributed by atoms with Crippen molar-refractivity contribution in [1.29, 1.82) is 0 Å². The fourth-order valence-electron chi connectivity index (χ4n) is 7.50. The summed E-state index contributed by atoms with van der Waals surface area (Å²) < 4.78 is 0. The fourth-order valence-corrected chi connectivity index (χ4v) is 7.50. The van der Waals surface area contributed by atoms with Crippen LogP contribution in [0.4, 0.5) is 0 Å². The van der Waals surface area contributed by atoms with Gasteiger partial charge in [0.25, 0.3) is 0 Å². The molecule has 0 amide bonds. The molecule has 0 radical (unpaired) electrons. The van der Waals surface area contributed by atoms with Crippen molar-refractivity contribution in [3.63, 3.8) is 0 Å². The normalized spacial score (nSPS) is 12.3. The smallest absolute Gasteiger partial charge is 0.164 e. The van der Waals surface area contributed by atoms with Crippen LogP contribution >= 0.6 is 0 Å². The predicted octanol–water partition coefficient (Wildman–Crippen LogP) is 11.7. The van der Waals surface area contributed by atoms with Crippen LogP contribution in [0.5, 0.6) is 0 Å². The van der Waals surface area contributed by atoms with Gasteiger partial charge >= 0.3 is 0 Å². The van der Waals surface area contributed by atoms with Gasteiger partial charge in [-0.2, -0.15) is 0 Å². The van der Waals surface area contributed by atoms with E-state index in [1.165, 1.54) is 43.6 Å². The minimum absolute atomic E-state index is 0.661. The summed E-state index contributed by atoms with van der Waals surface area (Å²) in [6, 6.07) is 54.0. The molecule has 1 aliphatic rings. The Balaban J connectivity index is 1.21. The first-order chi connectivity index (χ1) is 24.3. The molecule has 0 bridgehead atoms. The molecule has 10 rings (SSSR count). The first-order valence-electron chi connectivity index (χ1n) is 16.7. The van der Waals surface area contributed by atoms with E-state index in [9.17, 15) is 0 Å². The third-order valence-electron chi connectivity index (χ3n) is 9.90. The number of aromatic nitrogens is 3. The van der Waals surface area contributed by atoms with Gasteiger partial charge in [-0.1, -0.05) is 140 Å². The monoisotopic (exact) mass is 623 g/mol. The lowest BCUT2D eigenvalue weighted by atomic mass is 9.89. The zero-order valence-corrected chi connectivity index (χ0v) is 26.6. The lowest BCUT2D eigenvalue weighted by molar-refractivity contribution is 1.08. The molecule has 1 aliphatic carbocycles. The van der Waals surface area contributed by atoms with Gasteiger partial charge in [0.05, 0.1) is 0 Å². The Morgan fingerprint density at radius 1 is 0.388 bits per heavy atom. The van der Waals surface area contributed by atoms with Gasteiger partial charge in [-0.15, -0.1) is 0 Å². The molecule has 1 aromatic heterocycles. The van der Waals surface area contributed by atoms with Gasteiger partial charge in [-0.3, -0.25) is 0 Å². The number of hydrogen-bond donors (Lipinski definition) is 0. The average Bonchev–Trinajstić information content (AvgIpc) is 3.17. The van der Waals surface area contributed by atoms with Gasteiger partial charge in [0.15, 0.2) is 17.5 Å². The number of hydrogen-bond acceptors (Lipinski definition) is 3. The molecule has 228 valence electrons. The maximum Gasteiger partial charge on any atom is 0.164 e. The van der Waals surface area contributed by atoms with Crippen LogP contribution in [0.2, 0.25) is 0 Å². The van der Waals surface area contributed by atoms with E-state index in [4.69, 9.17) is 15.0 Å². The molecular weight excluding hydrogens is 595 g/mol. The Hall–Kier alpha value is -6.45. The molecule has 0 aliphatic heterocycles. The standard InChI is InChI=1S/C46H29N3/c1-3-11-33-27-35(21-19-29(33)9-1)37-25-26-41(39-17-6-5-16-38(37)39)45-47-44(36-22-20-30-10-2-4-12-34(30)28-36)48-46(49-45)42-24-23-32-14-7-13-31-15-8-18-40(42)43(31)32/h1-14,16-28H,15H2. The minimum atomic E-state index is 0.661. The zero-order valence-electron chi connectivity index (χ0n) is 26.6. The van der Waals surface area contributed by atoms with E-state index in [1.807, 2.05) is 0 Å². The summed E-state index contributed by atoms with van der Waals surface area (Å²) in [7, 11) is 0. The van der Waals surface area contributed by atoms with E-state index in [0.717, 1.165) is 44.8 Å². The Labute approximate surface area is 283 Å². The Bertz CT molecular complexity index is 2810. The Morgan fingerprint density at radius 2 is 0.939 bits per heavy atom. The van der Waals surface area contributed by atoms with Gasteiger partial charge < -0.3 is 0 Å². The van der Waals surface area contributed by atoms with Gasteiger partial charge in [0, 0.05) is 16.7 Å². The highest BCUT2D eigenvalue weighted by atomic mass is 15.0. The van der Waals surface area contributed by atoms with E-state index in [-0.39, 0.29) is 0 Å². The molecule has 49 heavy (non-hydrogen) atoms. The topological polar surface area (TPSA) is 38.7 Å². The van der Waals surface area contributed by atoms with Crippen LogP contribution in [-0.4, -0.2) is 15.0 Å². The highest BCUT2D eigenvalue weighted by molar-refractivity contribution is 6.06. The van der Waals surface area contributed by atoms with Crippen LogP contribution in [0.15, 0.2) is 158 Å². The molecule has 0 spiro atoms. The molecule has 3 nitrogen and oxygen atoms in total. The van der Waals surface area contributed by atoms with Crippen molar-refractivity contribution < 1.29 is 0 Å². The van der Waals surface area contributed by atoms with Crippen molar-refractivity contribution >= 4 is 49.2 Å². The number of fused-ring (bicyclic) bond motifs is 3. The van der Waals surface area contributed by atoms with Crippen LogP contribution in [0.25, 0.3) is 94.5 Å². The van der Waals surface area contributed by atoms with Gasteiger partial charge in [-0.05, 0) is 96.0 Å². The predicted molar refractivity (Wildman–Crippen MR) is 204 cm³/mol. The van der Waals surface area contributed by atoms with Crippen molar-refractivity contribution in [1.82, 2.24) is 15.0 Å². The van der Waals surface area contributed by atoms with Crippen LogP contribution in [0, 0.1) is 0 Å². The average molecular weight is 624 g/mol. The van der Waals surface area contributed by atoms with Crippen LogP contribution in [0.1, 0.15) is 11.1 Å². The number of allylic oxidation sites excluding steroid dienone is 1. The summed E-state index contributed by atoms with van der Waals surface area (Å²) >= 11 is 0. The van der Waals surface area contributed by atoms with Crippen molar-refractivity contribution in [2.75, 3.05) is 0 Å². The second-order valence-electron chi connectivity index (χ2n) is 12.8. The maximum absolute atomic E-state index is 5.27. The van der Waals surface area contributed by atoms with Crippen LogP contribution in [-0.2, 0) is 6.42 Å². The van der Waals surface area contributed by atoms with Crippen LogP contribution < -0.4 is 0 Å². The number of benzene rings is 8. The quantitative estimate of drug-likeness (QED) is 0.196. The summed E-state index contributed by atoms with van der Waals surface area (Å²) in [5, 5.41) is 9.60. The lowest BCUT2D eigenvalue weighted by Crippen LogP contribution is -2.03. The molecule has 0 saturated heterocycles. The third kappa shape index (κ3) is 4.62. The second kappa shape index (κ2) is 11.1. The number of nitrogens with zero attached hydrogens (tertiary/aromatic N) is 3. The fraction of sp³-hybridized carbons (Fsp3) is 0.0217. The third-order valence-corrected chi connectivity index (χ3v) is 9.90. The van der Waals surface area contributed by atoms with Crippen molar-refractivity contribution in [2.24, 2.45) is 0 Å². The molecule has 0 atom stereocenters. The molecule has 3 heteroatoms. The van der Waals surface area contributed by atoms with E-state index in [1.54, 1.807) is 0 Å². The van der Waals surface area contributed by atoms with E-state index >= 15 is 0 Å². The first-order valence-corrected chi connectivity index (χ1v) is 16.7. The van der Waals surface area contributed by atoms with Gasteiger partial charge in [0.2, 0.25) is 0 Å². The Morgan fingerprint density at radius 3 is 1.71 bits per heavy atom. The molecule has 8 aromatic carbocycles. The summed E-state index contributed by atoms with van der Waals surface area (Å²) in [5.41, 5.74) is 7.83. The molecule has 0 saturated carbocycles. The molecule has 0 N–H and O–H groups in total. The maximum atomic E-state index is 5.27. The zero-order chi connectivity index (χ0) is 32.3. The lowest BCUT2D eigenvalue weighted by Gasteiger charge is -2.17. The molecular formula is C46H29N3. The Kier molecular flexibility index (Phi) is 6.25. The molecule has 1 heterocycles. The van der Waals surface area contributed by atoms with Crippen molar-refractivity contribution in [3.05, 3.63) is 169 Å². The number of rotatable bonds is 4. The summed E-state index contributed by atoms with van der Waals surface area (Å²) in [6.45, 7) is 0. The van der Waals surface area contributed by atoms with Crippen molar-refractivity contribution in [3.8, 4) is 45.3 Å². The van der Waals surface area contributed by atoms with E-state index in [2.05, 4.69) is 164 Å². The van der Waals surface area contributed by atoms with E-state index < -0.39 is 0 Å². The molecule has 0 unspecified atom stereocenters. The molecule has 0 fully saturated rings. The van der Waals surface area contributed by atoms with E-state index in [0.29, 0.717) is 17.5 Å². The van der Waals surface area contributed by atoms with Crippen molar-refractivity contribution in [2.45, 2.75) is 6.42 Å². The first kappa shape index (κ1) is 27.6. The SMILES string of the molecule is C1=Cc2c(-c3nc(-c4ccc5ccccc5c4)nc(-c4ccc(-c5ccc6ccccc6c5)c5ccccc45)n3)ccc3cccc(c23)C1. The van der Waals surface area contributed by atoms with Gasteiger partial charge in [-0.25, -0.2) is 15.0 Å². The molecule has 9 aromatic rings. The minimum Gasteiger partial charge on any atom is -0.208 e. The largest absolute Gasteiger partial charge is 0.208 e.